The lowest BCUT2D eigenvalue weighted by atomic mass is 9.78. The van der Waals surface area contributed by atoms with E-state index in [4.69, 9.17) is 0 Å². The molecular weight excluding hydrogens is 136 g/mol. The van der Waals surface area contributed by atoms with Gasteiger partial charge in [0, 0.05) is 12.8 Å². The molecular formula is C10H14O. The molecule has 2 rings (SSSR count). The molecule has 60 valence electrons. The van der Waals surface area contributed by atoms with Crippen molar-refractivity contribution in [1.82, 2.24) is 0 Å². The average molecular weight is 150 g/mol. The van der Waals surface area contributed by atoms with E-state index in [0.29, 0.717) is 11.2 Å². The van der Waals surface area contributed by atoms with Gasteiger partial charge >= 0.3 is 0 Å². The van der Waals surface area contributed by atoms with Crippen LogP contribution in [0.5, 0.6) is 0 Å². The number of rotatable bonds is 0. The van der Waals surface area contributed by atoms with Gasteiger partial charge in [0.2, 0.25) is 0 Å². The van der Waals surface area contributed by atoms with Crippen LogP contribution in [-0.2, 0) is 4.79 Å². The van der Waals surface area contributed by atoms with Gasteiger partial charge in [-0.1, -0.05) is 12.2 Å². The summed E-state index contributed by atoms with van der Waals surface area (Å²) in [7, 11) is 0. The quantitative estimate of drug-likeness (QED) is 0.485. The van der Waals surface area contributed by atoms with E-state index in [-0.39, 0.29) is 0 Å². The number of ketones is 1. The van der Waals surface area contributed by atoms with Crippen molar-refractivity contribution >= 4 is 5.78 Å². The van der Waals surface area contributed by atoms with Crippen LogP contribution in [0.15, 0.2) is 12.2 Å². The van der Waals surface area contributed by atoms with E-state index >= 15 is 0 Å². The van der Waals surface area contributed by atoms with Crippen molar-refractivity contribution in [3.8, 4) is 0 Å². The highest BCUT2D eigenvalue weighted by Gasteiger charge is 2.36. The highest BCUT2D eigenvalue weighted by molar-refractivity contribution is 5.81. The van der Waals surface area contributed by atoms with Crippen molar-refractivity contribution < 1.29 is 4.79 Å². The summed E-state index contributed by atoms with van der Waals surface area (Å²) in [6.45, 7) is 0. The molecule has 1 saturated carbocycles. The maximum absolute atomic E-state index is 11.1. The van der Waals surface area contributed by atoms with E-state index in [2.05, 4.69) is 12.2 Å². The molecule has 0 aromatic heterocycles. The third kappa shape index (κ3) is 1.24. The van der Waals surface area contributed by atoms with Crippen molar-refractivity contribution in [2.45, 2.75) is 38.5 Å². The maximum atomic E-state index is 11.1. The zero-order valence-electron chi connectivity index (χ0n) is 6.81. The first-order chi connectivity index (χ1) is 5.31. The summed E-state index contributed by atoms with van der Waals surface area (Å²) < 4.78 is 0. The third-order valence-electron chi connectivity index (χ3n) is 2.97. The Morgan fingerprint density at radius 2 is 2.27 bits per heavy atom. The Morgan fingerprint density at radius 1 is 1.36 bits per heavy atom. The van der Waals surface area contributed by atoms with Crippen LogP contribution in [-0.4, -0.2) is 5.78 Å². The van der Waals surface area contributed by atoms with Crippen molar-refractivity contribution in [3.05, 3.63) is 12.2 Å². The van der Waals surface area contributed by atoms with E-state index in [0.717, 1.165) is 19.3 Å². The Morgan fingerprint density at radius 3 is 2.82 bits per heavy atom. The van der Waals surface area contributed by atoms with Gasteiger partial charge in [-0.3, -0.25) is 4.79 Å². The van der Waals surface area contributed by atoms with Gasteiger partial charge < -0.3 is 0 Å². The van der Waals surface area contributed by atoms with E-state index in [1.54, 1.807) is 0 Å². The second-order valence-corrected chi connectivity index (χ2v) is 3.87. The largest absolute Gasteiger partial charge is 0.300 e. The lowest BCUT2D eigenvalue weighted by Gasteiger charge is -2.26. The predicted octanol–water partition coefficient (Wildman–Crippen LogP) is 2.47. The highest BCUT2D eigenvalue weighted by atomic mass is 16.1. The summed E-state index contributed by atoms with van der Waals surface area (Å²) in [6.07, 6.45) is 11.1. The van der Waals surface area contributed by atoms with Crippen LogP contribution in [0.3, 0.4) is 0 Å². The van der Waals surface area contributed by atoms with Gasteiger partial charge in [-0.2, -0.15) is 0 Å². The van der Waals surface area contributed by atoms with Crippen molar-refractivity contribution in [2.24, 2.45) is 5.41 Å². The molecule has 1 heteroatoms. The molecule has 1 unspecified atom stereocenters. The fourth-order valence-electron chi connectivity index (χ4n) is 2.30. The van der Waals surface area contributed by atoms with Gasteiger partial charge in [0.1, 0.15) is 5.78 Å². The summed E-state index contributed by atoms with van der Waals surface area (Å²) in [5.41, 5.74) is 0.315. The number of carbonyl (C=O) groups excluding carboxylic acids is 1. The summed E-state index contributed by atoms with van der Waals surface area (Å²) >= 11 is 0. The molecule has 0 N–H and O–H groups in total. The molecule has 0 bridgehead atoms. The predicted molar refractivity (Wildman–Crippen MR) is 44.3 cm³/mol. The number of hydrogen-bond acceptors (Lipinski definition) is 1. The average Bonchev–Trinajstić information content (AvgIpc) is 2.34. The molecule has 1 nitrogen and oxygen atoms in total. The Hall–Kier alpha value is -0.590. The first kappa shape index (κ1) is 7.08. The molecule has 0 amide bonds. The smallest absolute Gasteiger partial charge is 0.133 e. The number of carbonyl (C=O) groups is 1. The third-order valence-corrected chi connectivity index (χ3v) is 2.97. The number of hydrogen-bond donors (Lipinski definition) is 0. The zero-order valence-corrected chi connectivity index (χ0v) is 6.81. The Bertz CT molecular complexity index is 205. The first-order valence-electron chi connectivity index (χ1n) is 4.50. The molecule has 0 aliphatic heterocycles. The topological polar surface area (TPSA) is 17.1 Å². The molecule has 11 heavy (non-hydrogen) atoms. The van der Waals surface area contributed by atoms with Crippen LogP contribution in [0.4, 0.5) is 0 Å². The zero-order chi connectivity index (χ0) is 7.73. The van der Waals surface area contributed by atoms with Crippen LogP contribution >= 0.6 is 0 Å². The number of Topliss-reactive ketones (excluding diaryl/α,β-unsaturated/α-hetero) is 1. The van der Waals surface area contributed by atoms with Crippen molar-refractivity contribution in [3.63, 3.8) is 0 Å². The van der Waals surface area contributed by atoms with Gasteiger partial charge in [0.25, 0.3) is 0 Å². The molecule has 0 heterocycles. The first-order valence-corrected chi connectivity index (χ1v) is 4.50. The standard InChI is InChI=1S/C10H14O/c11-9-4-7-10(8-9)5-2-1-3-6-10/h2,5H,1,3-4,6-8H2. The monoisotopic (exact) mass is 150 g/mol. The minimum atomic E-state index is 0.315. The van der Waals surface area contributed by atoms with Crippen molar-refractivity contribution in [1.29, 1.82) is 0 Å². The lowest BCUT2D eigenvalue weighted by molar-refractivity contribution is -0.117. The van der Waals surface area contributed by atoms with E-state index < -0.39 is 0 Å². The minimum absolute atomic E-state index is 0.315. The summed E-state index contributed by atoms with van der Waals surface area (Å²) in [4.78, 5) is 11.1. The van der Waals surface area contributed by atoms with E-state index in [1.165, 1.54) is 19.3 Å². The molecule has 1 atom stereocenters. The van der Waals surface area contributed by atoms with Crippen molar-refractivity contribution in [2.75, 3.05) is 0 Å². The van der Waals surface area contributed by atoms with E-state index in [1.807, 2.05) is 0 Å². The second kappa shape index (κ2) is 2.47. The number of allylic oxidation sites excluding steroid dienone is 2. The van der Waals surface area contributed by atoms with Gasteiger partial charge in [0.05, 0.1) is 0 Å². The fraction of sp³-hybridized carbons (Fsp3) is 0.700. The van der Waals surface area contributed by atoms with E-state index in [9.17, 15) is 4.79 Å². The Kier molecular flexibility index (Phi) is 1.59. The normalized spacial score (nSPS) is 36.9. The molecule has 2 aliphatic rings. The molecule has 0 aromatic carbocycles. The SMILES string of the molecule is O=C1CCC2(C=CCCC2)C1. The summed E-state index contributed by atoms with van der Waals surface area (Å²) in [5, 5.41) is 0. The highest BCUT2D eigenvalue weighted by Crippen LogP contribution is 2.43. The van der Waals surface area contributed by atoms with Gasteiger partial charge in [-0.05, 0) is 31.1 Å². The Balaban J connectivity index is 2.15. The van der Waals surface area contributed by atoms with Crippen LogP contribution in [0.25, 0.3) is 0 Å². The molecule has 2 aliphatic carbocycles. The second-order valence-electron chi connectivity index (χ2n) is 3.87. The van der Waals surface area contributed by atoms with Crippen LogP contribution in [0.1, 0.15) is 38.5 Å². The van der Waals surface area contributed by atoms with Gasteiger partial charge in [-0.25, -0.2) is 0 Å². The molecule has 0 saturated heterocycles. The minimum Gasteiger partial charge on any atom is -0.300 e. The lowest BCUT2D eigenvalue weighted by Crippen LogP contribution is -2.16. The Labute approximate surface area is 67.5 Å². The van der Waals surface area contributed by atoms with Crippen LogP contribution in [0.2, 0.25) is 0 Å². The molecule has 1 spiro atoms. The van der Waals surface area contributed by atoms with Crippen LogP contribution < -0.4 is 0 Å². The van der Waals surface area contributed by atoms with Gasteiger partial charge in [-0.15, -0.1) is 0 Å². The molecule has 1 fully saturated rings. The summed E-state index contributed by atoms with van der Waals surface area (Å²) in [6, 6.07) is 0. The molecule has 0 radical (unpaired) electrons. The summed E-state index contributed by atoms with van der Waals surface area (Å²) in [5.74, 6) is 0.469. The fourth-order valence-corrected chi connectivity index (χ4v) is 2.30. The molecule has 0 aromatic rings. The van der Waals surface area contributed by atoms with Crippen LogP contribution in [0, 0.1) is 5.41 Å². The maximum Gasteiger partial charge on any atom is 0.133 e. The van der Waals surface area contributed by atoms with Gasteiger partial charge in [0.15, 0.2) is 0 Å².